The highest BCUT2D eigenvalue weighted by atomic mass is 35.5. The van der Waals surface area contributed by atoms with Gasteiger partial charge in [-0.15, -0.1) is 11.8 Å². The molecule has 0 saturated heterocycles. The first kappa shape index (κ1) is 26.8. The summed E-state index contributed by atoms with van der Waals surface area (Å²) in [6, 6.07) is 25.0. The molecule has 0 aromatic heterocycles. The predicted molar refractivity (Wildman–Crippen MR) is 147 cm³/mol. The average molecular weight is 509 g/mol. The Morgan fingerprint density at radius 1 is 0.943 bits per heavy atom. The summed E-state index contributed by atoms with van der Waals surface area (Å²) < 4.78 is 0. The van der Waals surface area contributed by atoms with Crippen LogP contribution in [-0.4, -0.2) is 35.1 Å². The number of aryl methyl sites for hydroxylation is 1. The molecule has 0 bridgehead atoms. The first-order chi connectivity index (χ1) is 17.0. The Morgan fingerprint density at radius 3 is 2.31 bits per heavy atom. The Morgan fingerprint density at radius 2 is 1.63 bits per heavy atom. The first-order valence-corrected chi connectivity index (χ1v) is 13.5. The maximum atomic E-state index is 13.6. The van der Waals surface area contributed by atoms with E-state index in [0.717, 1.165) is 28.7 Å². The monoisotopic (exact) mass is 508 g/mol. The molecule has 35 heavy (non-hydrogen) atoms. The van der Waals surface area contributed by atoms with Gasteiger partial charge in [-0.2, -0.15) is 0 Å². The maximum absolute atomic E-state index is 13.6. The molecule has 4 nitrogen and oxygen atoms in total. The fraction of sp³-hybridized carbons (Fsp3) is 0.310. The quantitative estimate of drug-likeness (QED) is 0.324. The average Bonchev–Trinajstić information content (AvgIpc) is 2.87. The minimum absolute atomic E-state index is 0.0419. The first-order valence-electron chi connectivity index (χ1n) is 12.0. The molecule has 1 atom stereocenters. The number of carbonyl (C=O) groups excluding carboxylic acids is 2. The van der Waals surface area contributed by atoms with Gasteiger partial charge in [0.05, 0.1) is 5.75 Å². The molecule has 3 aromatic rings. The fourth-order valence-corrected chi connectivity index (χ4v) is 4.81. The van der Waals surface area contributed by atoms with Crippen LogP contribution < -0.4 is 5.32 Å². The van der Waals surface area contributed by atoms with E-state index in [1.165, 1.54) is 0 Å². The van der Waals surface area contributed by atoms with Gasteiger partial charge in [-0.05, 0) is 47.7 Å². The summed E-state index contributed by atoms with van der Waals surface area (Å²) >= 11 is 7.54. The number of amides is 2. The molecule has 0 saturated carbocycles. The minimum Gasteiger partial charge on any atom is -0.354 e. The fourth-order valence-electron chi connectivity index (χ4n) is 3.81. The van der Waals surface area contributed by atoms with E-state index < -0.39 is 6.04 Å². The van der Waals surface area contributed by atoms with Crippen LogP contribution in [-0.2, 0) is 28.3 Å². The van der Waals surface area contributed by atoms with Gasteiger partial charge >= 0.3 is 0 Å². The van der Waals surface area contributed by atoms with Crippen LogP contribution in [0.1, 0.15) is 35.6 Å². The molecule has 0 spiro atoms. The van der Waals surface area contributed by atoms with Gasteiger partial charge in [0, 0.05) is 30.3 Å². The smallest absolute Gasteiger partial charge is 0.243 e. The Kier molecular flexibility index (Phi) is 10.7. The van der Waals surface area contributed by atoms with Gasteiger partial charge in [-0.3, -0.25) is 9.59 Å². The molecular formula is C29H33ClN2O2S. The number of carbonyl (C=O) groups is 2. The number of benzene rings is 3. The maximum Gasteiger partial charge on any atom is 0.243 e. The molecule has 3 aromatic carbocycles. The molecule has 3 rings (SSSR count). The second-order valence-electron chi connectivity index (χ2n) is 8.56. The molecule has 1 N–H and O–H groups in total. The van der Waals surface area contributed by atoms with Gasteiger partial charge in [0.15, 0.2) is 0 Å². The molecule has 0 heterocycles. The summed E-state index contributed by atoms with van der Waals surface area (Å²) in [4.78, 5) is 28.7. The van der Waals surface area contributed by atoms with Crippen molar-refractivity contribution in [2.24, 2.45) is 0 Å². The molecular weight excluding hydrogens is 476 g/mol. The Labute approximate surface area is 218 Å². The third kappa shape index (κ3) is 8.44. The van der Waals surface area contributed by atoms with Crippen molar-refractivity contribution in [3.63, 3.8) is 0 Å². The summed E-state index contributed by atoms with van der Waals surface area (Å²) in [6.07, 6.45) is 1.31. The summed E-state index contributed by atoms with van der Waals surface area (Å²) in [5.41, 5.74) is 4.29. The molecule has 0 aliphatic rings. The molecule has 0 unspecified atom stereocenters. The lowest BCUT2D eigenvalue weighted by molar-refractivity contribution is -0.139. The third-order valence-electron chi connectivity index (χ3n) is 5.83. The highest BCUT2D eigenvalue weighted by Crippen LogP contribution is 2.20. The number of nitrogens with one attached hydrogen (secondary N) is 1. The molecule has 184 valence electrons. The van der Waals surface area contributed by atoms with Gasteiger partial charge < -0.3 is 10.2 Å². The minimum atomic E-state index is -0.591. The highest BCUT2D eigenvalue weighted by Gasteiger charge is 2.30. The van der Waals surface area contributed by atoms with E-state index in [9.17, 15) is 9.59 Å². The number of rotatable bonds is 12. The summed E-state index contributed by atoms with van der Waals surface area (Å²) in [5.74, 6) is 0.841. The summed E-state index contributed by atoms with van der Waals surface area (Å²) in [6.45, 7) is 5.04. The van der Waals surface area contributed by atoms with Crippen molar-refractivity contribution < 1.29 is 9.59 Å². The zero-order chi connectivity index (χ0) is 25.0. The van der Waals surface area contributed by atoms with Gasteiger partial charge in [0.1, 0.15) is 6.04 Å². The number of hydrogen-bond donors (Lipinski definition) is 1. The molecule has 2 amide bonds. The lowest BCUT2D eigenvalue weighted by Gasteiger charge is -2.32. The second-order valence-corrected chi connectivity index (χ2v) is 9.99. The highest BCUT2D eigenvalue weighted by molar-refractivity contribution is 7.99. The number of halogens is 1. The van der Waals surface area contributed by atoms with Gasteiger partial charge in [-0.1, -0.05) is 85.3 Å². The molecule has 0 fully saturated rings. The van der Waals surface area contributed by atoms with E-state index in [-0.39, 0.29) is 11.8 Å². The normalized spacial score (nSPS) is 11.6. The number of thioether (sulfide) groups is 1. The van der Waals surface area contributed by atoms with E-state index in [1.54, 1.807) is 16.7 Å². The van der Waals surface area contributed by atoms with Crippen molar-refractivity contribution in [2.45, 2.75) is 45.0 Å². The lowest BCUT2D eigenvalue weighted by Crippen LogP contribution is -2.51. The van der Waals surface area contributed by atoms with Crippen molar-refractivity contribution in [1.29, 1.82) is 0 Å². The second kappa shape index (κ2) is 14.0. The van der Waals surface area contributed by atoms with Crippen molar-refractivity contribution in [3.8, 4) is 0 Å². The largest absolute Gasteiger partial charge is 0.354 e. The van der Waals surface area contributed by atoms with E-state index >= 15 is 0 Å². The molecule has 0 aliphatic carbocycles. The third-order valence-corrected chi connectivity index (χ3v) is 7.07. The SMILES string of the molecule is CCCNC(=O)[C@H](Cc1ccccc1)N(Cc1ccccc1C)C(=O)CSCc1ccc(Cl)cc1. The lowest BCUT2D eigenvalue weighted by atomic mass is 10.0. The van der Waals surface area contributed by atoms with E-state index in [2.05, 4.69) is 5.32 Å². The zero-order valence-corrected chi connectivity index (χ0v) is 21.9. The van der Waals surface area contributed by atoms with Crippen LogP contribution in [0.25, 0.3) is 0 Å². The van der Waals surface area contributed by atoms with Gasteiger partial charge in [-0.25, -0.2) is 0 Å². The Balaban J connectivity index is 1.83. The standard InChI is InChI=1S/C29H33ClN2O2S/c1-3-17-31-29(34)27(18-23-10-5-4-6-11-23)32(19-25-12-8-7-9-22(25)2)28(33)21-35-20-24-13-15-26(30)16-14-24/h4-16,27H,3,17-21H2,1-2H3,(H,31,34)/t27-/m0/s1. The molecule has 0 radical (unpaired) electrons. The zero-order valence-electron chi connectivity index (χ0n) is 20.4. The number of nitrogens with zero attached hydrogens (tertiary/aromatic N) is 1. The Hall–Kier alpha value is -2.76. The van der Waals surface area contributed by atoms with Crippen LogP contribution >= 0.6 is 23.4 Å². The van der Waals surface area contributed by atoms with E-state index in [1.807, 2.05) is 92.7 Å². The topological polar surface area (TPSA) is 49.4 Å². The van der Waals surface area contributed by atoms with Crippen molar-refractivity contribution >= 4 is 35.2 Å². The van der Waals surface area contributed by atoms with Crippen molar-refractivity contribution in [3.05, 3.63) is 106 Å². The summed E-state index contributed by atoms with van der Waals surface area (Å²) in [7, 11) is 0. The van der Waals surface area contributed by atoms with Gasteiger partial charge in [0.2, 0.25) is 11.8 Å². The van der Waals surface area contributed by atoms with Crippen LogP contribution in [0.2, 0.25) is 5.02 Å². The van der Waals surface area contributed by atoms with Gasteiger partial charge in [0.25, 0.3) is 0 Å². The Bertz CT molecular complexity index is 1090. The van der Waals surface area contributed by atoms with Crippen molar-refractivity contribution in [2.75, 3.05) is 12.3 Å². The van der Waals surface area contributed by atoms with Crippen LogP contribution in [0.3, 0.4) is 0 Å². The van der Waals surface area contributed by atoms with E-state index in [4.69, 9.17) is 11.6 Å². The predicted octanol–water partition coefficient (Wildman–Crippen LogP) is 6.05. The van der Waals surface area contributed by atoms with Crippen LogP contribution in [0.4, 0.5) is 0 Å². The molecule has 6 heteroatoms. The van der Waals surface area contributed by atoms with Crippen LogP contribution in [0, 0.1) is 6.92 Å². The number of hydrogen-bond acceptors (Lipinski definition) is 3. The van der Waals surface area contributed by atoms with Crippen molar-refractivity contribution in [1.82, 2.24) is 10.2 Å². The molecule has 0 aliphatic heterocycles. The van der Waals surface area contributed by atoms with Crippen LogP contribution in [0.15, 0.2) is 78.9 Å². The van der Waals surface area contributed by atoms with E-state index in [0.29, 0.717) is 36.0 Å². The summed E-state index contributed by atoms with van der Waals surface area (Å²) in [5, 5.41) is 3.72. The van der Waals surface area contributed by atoms with Crippen LogP contribution in [0.5, 0.6) is 0 Å².